The summed E-state index contributed by atoms with van der Waals surface area (Å²) in [4.78, 5) is 10.4. The van der Waals surface area contributed by atoms with E-state index in [1.165, 1.54) is 6.07 Å². The minimum absolute atomic E-state index is 0.117. The Morgan fingerprint density at radius 3 is 2.62 bits per heavy atom. The van der Waals surface area contributed by atoms with E-state index in [1.807, 2.05) is 19.9 Å². The maximum atomic E-state index is 10.7. The Balaban J connectivity index is 3.13. The van der Waals surface area contributed by atoms with E-state index < -0.39 is 10.3 Å². The molecule has 0 unspecified atom stereocenters. The highest BCUT2D eigenvalue weighted by atomic mass is 16.6. The first-order valence-corrected chi connectivity index (χ1v) is 5.01. The monoisotopic (exact) mass is 218 g/mol. The predicted molar refractivity (Wildman–Crippen MR) is 60.9 cm³/mol. The summed E-state index contributed by atoms with van der Waals surface area (Å²) in [5.74, 6) is 0. The van der Waals surface area contributed by atoms with Gasteiger partial charge >= 0.3 is 0 Å². The van der Waals surface area contributed by atoms with Gasteiger partial charge < -0.3 is 0 Å². The lowest BCUT2D eigenvalue weighted by Gasteiger charge is -2.16. The number of benzene rings is 1. The number of rotatable bonds is 3. The van der Waals surface area contributed by atoms with Crippen LogP contribution in [0.2, 0.25) is 0 Å². The van der Waals surface area contributed by atoms with Crippen LogP contribution in [0.1, 0.15) is 25.0 Å². The van der Waals surface area contributed by atoms with Crippen LogP contribution in [0.25, 0.3) is 0 Å². The fourth-order valence-corrected chi connectivity index (χ4v) is 1.57. The molecular formula is C12H14N2O2. The first-order valence-electron chi connectivity index (χ1n) is 5.01. The fraction of sp³-hybridized carbons (Fsp3) is 0.417. The van der Waals surface area contributed by atoms with Gasteiger partial charge in [-0.2, -0.15) is 5.26 Å². The van der Waals surface area contributed by atoms with Crippen molar-refractivity contribution < 1.29 is 4.92 Å². The van der Waals surface area contributed by atoms with Gasteiger partial charge in [0.2, 0.25) is 0 Å². The Morgan fingerprint density at radius 2 is 2.12 bits per heavy atom. The van der Waals surface area contributed by atoms with Gasteiger partial charge in [0, 0.05) is 11.6 Å². The van der Waals surface area contributed by atoms with E-state index in [2.05, 4.69) is 6.07 Å². The van der Waals surface area contributed by atoms with Gasteiger partial charge in [0.15, 0.2) is 0 Å². The zero-order valence-electron chi connectivity index (χ0n) is 9.65. The molecular weight excluding hydrogens is 204 g/mol. The number of nitro groups is 1. The standard InChI is InChI=1S/C12H14N2O2/c1-9-10(7-12(2,3)8-13)5-4-6-11(9)14(15)16/h4-6H,7H2,1-3H3. The summed E-state index contributed by atoms with van der Waals surface area (Å²) >= 11 is 0. The normalized spacial score (nSPS) is 10.9. The van der Waals surface area contributed by atoms with Gasteiger partial charge in [-0.15, -0.1) is 0 Å². The molecule has 16 heavy (non-hydrogen) atoms. The van der Waals surface area contributed by atoms with E-state index >= 15 is 0 Å². The molecule has 0 spiro atoms. The molecule has 0 radical (unpaired) electrons. The summed E-state index contributed by atoms with van der Waals surface area (Å²) in [7, 11) is 0. The average molecular weight is 218 g/mol. The third kappa shape index (κ3) is 2.57. The summed E-state index contributed by atoms with van der Waals surface area (Å²) in [6.45, 7) is 5.37. The molecule has 4 nitrogen and oxygen atoms in total. The van der Waals surface area contributed by atoms with E-state index in [1.54, 1.807) is 13.0 Å². The zero-order valence-corrected chi connectivity index (χ0v) is 9.65. The summed E-state index contributed by atoms with van der Waals surface area (Å²) in [6.07, 6.45) is 0.525. The van der Waals surface area contributed by atoms with Crippen molar-refractivity contribution in [2.75, 3.05) is 0 Å². The van der Waals surface area contributed by atoms with Gasteiger partial charge in [0.05, 0.1) is 16.4 Å². The second-order valence-electron chi connectivity index (χ2n) is 4.49. The van der Waals surface area contributed by atoms with Crippen LogP contribution in [0.3, 0.4) is 0 Å². The Hall–Kier alpha value is -1.89. The fourth-order valence-electron chi connectivity index (χ4n) is 1.57. The molecule has 0 aliphatic carbocycles. The topological polar surface area (TPSA) is 66.9 Å². The lowest BCUT2D eigenvalue weighted by molar-refractivity contribution is -0.385. The Kier molecular flexibility index (Phi) is 3.28. The quantitative estimate of drug-likeness (QED) is 0.578. The average Bonchev–Trinajstić information content (AvgIpc) is 2.20. The molecule has 0 heterocycles. The number of nitro benzene ring substituents is 1. The third-order valence-electron chi connectivity index (χ3n) is 2.55. The van der Waals surface area contributed by atoms with Crippen LogP contribution in [0, 0.1) is 33.8 Å². The Bertz CT molecular complexity index is 459. The molecule has 0 fully saturated rings. The lowest BCUT2D eigenvalue weighted by atomic mass is 9.85. The molecule has 0 aliphatic heterocycles. The zero-order chi connectivity index (χ0) is 12.3. The first kappa shape index (κ1) is 12.2. The van der Waals surface area contributed by atoms with Crippen LogP contribution in [0.15, 0.2) is 18.2 Å². The van der Waals surface area contributed by atoms with E-state index in [9.17, 15) is 10.1 Å². The van der Waals surface area contributed by atoms with Crippen LogP contribution >= 0.6 is 0 Å². The van der Waals surface area contributed by atoms with Crippen molar-refractivity contribution in [2.45, 2.75) is 27.2 Å². The Labute approximate surface area is 94.7 Å². The molecule has 0 saturated heterocycles. The maximum Gasteiger partial charge on any atom is 0.272 e. The van der Waals surface area contributed by atoms with Crippen LogP contribution in [0.4, 0.5) is 5.69 Å². The van der Waals surface area contributed by atoms with Gasteiger partial charge in [-0.05, 0) is 32.8 Å². The van der Waals surface area contributed by atoms with E-state index in [-0.39, 0.29) is 5.69 Å². The second-order valence-corrected chi connectivity index (χ2v) is 4.49. The summed E-state index contributed by atoms with van der Waals surface area (Å²) in [6, 6.07) is 7.18. The molecule has 1 aromatic carbocycles. The molecule has 0 aliphatic rings. The number of hydrogen-bond acceptors (Lipinski definition) is 3. The molecule has 0 bridgehead atoms. The molecule has 4 heteroatoms. The van der Waals surface area contributed by atoms with Crippen molar-refractivity contribution in [3.63, 3.8) is 0 Å². The smallest absolute Gasteiger partial charge is 0.258 e. The number of nitrogens with zero attached hydrogens (tertiary/aromatic N) is 2. The molecule has 0 amide bonds. The molecule has 1 aromatic rings. The van der Waals surface area contributed by atoms with Crippen LogP contribution < -0.4 is 0 Å². The molecule has 84 valence electrons. The summed E-state index contributed by atoms with van der Waals surface area (Å²) < 4.78 is 0. The van der Waals surface area contributed by atoms with Crippen molar-refractivity contribution in [3.8, 4) is 6.07 Å². The SMILES string of the molecule is Cc1c(CC(C)(C)C#N)cccc1[N+](=O)[O-]. The van der Waals surface area contributed by atoms with Crippen molar-refractivity contribution >= 4 is 5.69 Å². The molecule has 1 rings (SSSR count). The van der Waals surface area contributed by atoms with Gasteiger partial charge in [-0.3, -0.25) is 10.1 Å². The predicted octanol–water partition coefficient (Wildman–Crippen LogP) is 3.00. The van der Waals surface area contributed by atoms with Crippen LogP contribution in [-0.4, -0.2) is 4.92 Å². The number of hydrogen-bond donors (Lipinski definition) is 0. The van der Waals surface area contributed by atoms with E-state index in [4.69, 9.17) is 5.26 Å². The minimum Gasteiger partial charge on any atom is -0.258 e. The van der Waals surface area contributed by atoms with Crippen molar-refractivity contribution in [1.29, 1.82) is 5.26 Å². The van der Waals surface area contributed by atoms with Gasteiger partial charge in [0.25, 0.3) is 5.69 Å². The van der Waals surface area contributed by atoms with Gasteiger partial charge in [-0.25, -0.2) is 0 Å². The van der Waals surface area contributed by atoms with Crippen molar-refractivity contribution in [3.05, 3.63) is 39.4 Å². The third-order valence-corrected chi connectivity index (χ3v) is 2.55. The highest BCUT2D eigenvalue weighted by molar-refractivity contribution is 5.45. The van der Waals surface area contributed by atoms with Crippen LogP contribution in [0.5, 0.6) is 0 Å². The van der Waals surface area contributed by atoms with Crippen molar-refractivity contribution in [2.24, 2.45) is 5.41 Å². The highest BCUT2D eigenvalue weighted by Crippen LogP contribution is 2.27. The summed E-state index contributed by atoms with van der Waals surface area (Å²) in [5, 5.41) is 19.7. The molecule has 0 saturated carbocycles. The second kappa shape index (κ2) is 4.31. The number of nitriles is 1. The molecule has 0 atom stereocenters. The van der Waals surface area contributed by atoms with Gasteiger partial charge in [-0.1, -0.05) is 12.1 Å². The molecule has 0 N–H and O–H groups in total. The maximum absolute atomic E-state index is 10.7. The summed E-state index contributed by atoms with van der Waals surface area (Å²) in [5.41, 5.74) is 1.13. The lowest BCUT2D eigenvalue weighted by Crippen LogP contribution is -2.13. The minimum atomic E-state index is -0.500. The largest absolute Gasteiger partial charge is 0.272 e. The van der Waals surface area contributed by atoms with Crippen molar-refractivity contribution in [1.82, 2.24) is 0 Å². The van der Waals surface area contributed by atoms with E-state index in [0.717, 1.165) is 5.56 Å². The van der Waals surface area contributed by atoms with E-state index in [0.29, 0.717) is 12.0 Å². The Morgan fingerprint density at radius 1 is 1.50 bits per heavy atom. The van der Waals surface area contributed by atoms with Crippen LogP contribution in [-0.2, 0) is 6.42 Å². The first-order chi connectivity index (χ1) is 7.37. The van der Waals surface area contributed by atoms with Gasteiger partial charge in [0.1, 0.15) is 0 Å². The highest BCUT2D eigenvalue weighted by Gasteiger charge is 2.21. The molecule has 0 aromatic heterocycles.